The Hall–Kier alpha value is -1.41. The van der Waals surface area contributed by atoms with Crippen molar-refractivity contribution >= 4 is 21.6 Å². The molecule has 3 N–H and O–H groups in total. The predicted molar refractivity (Wildman–Crippen MR) is 83.9 cm³/mol. The number of aromatic amines is 1. The molecule has 0 bridgehead atoms. The van der Waals surface area contributed by atoms with Gasteiger partial charge in [0.25, 0.3) is 0 Å². The number of nitrogens with one attached hydrogen (secondary N) is 1. The van der Waals surface area contributed by atoms with Gasteiger partial charge in [-0.1, -0.05) is 18.5 Å². The number of H-pyrrole nitrogens is 1. The molecule has 0 amide bonds. The molecule has 0 fully saturated rings. The predicted octanol–water partition coefficient (Wildman–Crippen LogP) is 1.83. The van der Waals surface area contributed by atoms with E-state index in [9.17, 15) is 8.42 Å². The van der Waals surface area contributed by atoms with Gasteiger partial charge in [-0.25, -0.2) is 13.6 Å². The largest absolute Gasteiger partial charge is 0.294 e. The summed E-state index contributed by atoms with van der Waals surface area (Å²) in [6, 6.07) is 4.72. The molecule has 2 heterocycles. The van der Waals surface area contributed by atoms with Crippen molar-refractivity contribution < 1.29 is 8.42 Å². The summed E-state index contributed by atoms with van der Waals surface area (Å²) < 4.78 is 23.0. The van der Waals surface area contributed by atoms with Gasteiger partial charge in [0, 0.05) is 41.8 Å². The lowest BCUT2D eigenvalue weighted by atomic mass is 9.98. The number of nitrogens with two attached hydrogens (primary N) is 1. The van der Waals surface area contributed by atoms with Gasteiger partial charge in [0.05, 0.1) is 11.1 Å². The topological polar surface area (TPSA) is 92.1 Å². The second kappa shape index (κ2) is 5.66. The molecule has 1 aliphatic rings. The van der Waals surface area contributed by atoms with Crippen LogP contribution in [0.5, 0.6) is 0 Å². The third kappa shape index (κ3) is 3.17. The second-order valence-corrected chi connectivity index (χ2v) is 7.72. The molecule has 22 heavy (non-hydrogen) atoms. The molecule has 0 radical (unpaired) electrons. The first-order chi connectivity index (χ1) is 10.3. The van der Waals surface area contributed by atoms with Gasteiger partial charge in [-0.15, -0.1) is 0 Å². The average Bonchev–Trinajstić information content (AvgIpc) is 2.85. The Labute approximate surface area is 134 Å². The number of rotatable bonds is 3. The minimum atomic E-state index is -3.76. The van der Waals surface area contributed by atoms with Crippen LogP contribution in [0.1, 0.15) is 29.7 Å². The fraction of sp³-hybridized carbons (Fsp3) is 0.357. The highest BCUT2D eigenvalue weighted by Crippen LogP contribution is 2.27. The number of nitrogens with zero attached hydrogens (tertiary/aromatic N) is 2. The summed E-state index contributed by atoms with van der Waals surface area (Å²) in [5.74, 6) is 0.350. The number of benzene rings is 1. The van der Waals surface area contributed by atoms with Crippen LogP contribution < -0.4 is 5.14 Å². The third-order valence-electron chi connectivity index (χ3n) is 3.84. The van der Waals surface area contributed by atoms with E-state index in [1.165, 1.54) is 17.3 Å². The van der Waals surface area contributed by atoms with Gasteiger partial charge in [-0.3, -0.25) is 10.00 Å². The molecule has 8 heteroatoms. The average molecular weight is 341 g/mol. The zero-order valence-corrected chi connectivity index (χ0v) is 13.7. The van der Waals surface area contributed by atoms with Gasteiger partial charge >= 0.3 is 0 Å². The normalized spacial score (nSPS) is 19.1. The van der Waals surface area contributed by atoms with E-state index in [0.717, 1.165) is 18.7 Å². The van der Waals surface area contributed by atoms with Crippen molar-refractivity contribution in [2.75, 3.05) is 6.54 Å². The third-order valence-corrected chi connectivity index (χ3v) is 4.95. The van der Waals surface area contributed by atoms with Crippen LogP contribution in [0.15, 0.2) is 29.3 Å². The van der Waals surface area contributed by atoms with E-state index in [1.807, 2.05) is 6.20 Å². The molecule has 0 saturated carbocycles. The van der Waals surface area contributed by atoms with Gasteiger partial charge in [-0.05, 0) is 23.8 Å². The van der Waals surface area contributed by atoms with Crippen LogP contribution >= 0.6 is 11.6 Å². The van der Waals surface area contributed by atoms with E-state index in [2.05, 4.69) is 22.0 Å². The van der Waals surface area contributed by atoms with Crippen molar-refractivity contribution in [3.05, 3.63) is 46.2 Å². The molecule has 2 aromatic rings. The Balaban J connectivity index is 1.84. The van der Waals surface area contributed by atoms with Crippen molar-refractivity contribution in [1.29, 1.82) is 0 Å². The van der Waals surface area contributed by atoms with Crippen LogP contribution in [0.3, 0.4) is 0 Å². The molecule has 1 atom stereocenters. The molecule has 0 saturated heterocycles. The molecule has 118 valence electrons. The molecule has 1 aromatic heterocycles. The molecule has 1 aliphatic heterocycles. The highest BCUT2D eigenvalue weighted by atomic mass is 35.5. The molecule has 3 rings (SSSR count). The Bertz CT molecular complexity index is 803. The maximum absolute atomic E-state index is 11.5. The summed E-state index contributed by atoms with van der Waals surface area (Å²) >= 11 is 6.01. The first-order valence-electron chi connectivity index (χ1n) is 6.89. The number of hydrogen-bond donors (Lipinski definition) is 2. The highest BCUT2D eigenvalue weighted by molar-refractivity contribution is 7.89. The van der Waals surface area contributed by atoms with Crippen LogP contribution in [0.2, 0.25) is 5.02 Å². The van der Waals surface area contributed by atoms with Crippen molar-refractivity contribution in [2.45, 2.75) is 30.8 Å². The summed E-state index contributed by atoms with van der Waals surface area (Å²) in [4.78, 5) is 2.28. The van der Waals surface area contributed by atoms with Crippen molar-refractivity contribution in [3.63, 3.8) is 0 Å². The van der Waals surface area contributed by atoms with Crippen LogP contribution in [-0.2, 0) is 23.1 Å². The standard InChI is InChI=1S/C14H17ClN4O2S/c1-9-6-19(8-11-5-17-18-14(9)11)7-10-2-12(15)4-13(3-10)22(16,20)21/h2-5,9H,6-8H2,1H3,(H,17,18)(H2,16,20,21). The van der Waals surface area contributed by atoms with Crippen LogP contribution in [-0.4, -0.2) is 30.1 Å². The van der Waals surface area contributed by atoms with E-state index < -0.39 is 10.0 Å². The van der Waals surface area contributed by atoms with Crippen LogP contribution in [0, 0.1) is 0 Å². The molecule has 0 spiro atoms. The Morgan fingerprint density at radius 3 is 2.95 bits per heavy atom. The lowest BCUT2D eigenvalue weighted by Gasteiger charge is -2.30. The Morgan fingerprint density at radius 1 is 1.45 bits per heavy atom. The van der Waals surface area contributed by atoms with E-state index in [-0.39, 0.29) is 4.90 Å². The summed E-state index contributed by atoms with van der Waals surface area (Å²) in [6.45, 7) is 4.38. The van der Waals surface area contributed by atoms with Gasteiger partial charge < -0.3 is 0 Å². The summed E-state index contributed by atoms with van der Waals surface area (Å²) in [5.41, 5.74) is 3.18. The minimum Gasteiger partial charge on any atom is -0.294 e. The van der Waals surface area contributed by atoms with E-state index in [1.54, 1.807) is 12.1 Å². The molecular weight excluding hydrogens is 324 g/mol. The summed E-state index contributed by atoms with van der Waals surface area (Å²) in [5, 5.41) is 12.7. The first kappa shape index (κ1) is 15.5. The van der Waals surface area contributed by atoms with E-state index >= 15 is 0 Å². The quantitative estimate of drug-likeness (QED) is 0.891. The minimum absolute atomic E-state index is 0.0454. The van der Waals surface area contributed by atoms with Crippen LogP contribution in [0.4, 0.5) is 0 Å². The maximum Gasteiger partial charge on any atom is 0.238 e. The van der Waals surface area contributed by atoms with Crippen LogP contribution in [0.25, 0.3) is 0 Å². The first-order valence-corrected chi connectivity index (χ1v) is 8.82. The van der Waals surface area contributed by atoms with Crippen molar-refractivity contribution in [2.24, 2.45) is 5.14 Å². The Morgan fingerprint density at radius 2 is 2.23 bits per heavy atom. The fourth-order valence-electron chi connectivity index (χ4n) is 2.91. The van der Waals surface area contributed by atoms with E-state index in [0.29, 0.717) is 17.5 Å². The van der Waals surface area contributed by atoms with Gasteiger partial charge in [-0.2, -0.15) is 5.10 Å². The molecule has 0 aliphatic carbocycles. The SMILES string of the molecule is CC1CN(Cc2cc(Cl)cc(S(N)(=O)=O)c2)Cc2cn[nH]c21. The Kier molecular flexibility index (Phi) is 3.98. The molecule has 6 nitrogen and oxygen atoms in total. The van der Waals surface area contributed by atoms with Gasteiger partial charge in [0.2, 0.25) is 10.0 Å². The molecular formula is C14H17ClN4O2S. The van der Waals surface area contributed by atoms with E-state index in [4.69, 9.17) is 16.7 Å². The number of fused-ring (bicyclic) bond motifs is 1. The van der Waals surface area contributed by atoms with Gasteiger partial charge in [0.1, 0.15) is 0 Å². The summed E-state index contributed by atoms with van der Waals surface area (Å²) in [6.07, 6.45) is 1.84. The number of hydrogen-bond acceptors (Lipinski definition) is 4. The summed E-state index contributed by atoms with van der Waals surface area (Å²) in [7, 11) is -3.76. The fourth-order valence-corrected chi connectivity index (χ4v) is 3.84. The number of sulfonamides is 1. The monoisotopic (exact) mass is 340 g/mol. The number of primary sulfonamides is 1. The van der Waals surface area contributed by atoms with Crippen molar-refractivity contribution in [3.8, 4) is 0 Å². The smallest absolute Gasteiger partial charge is 0.238 e. The number of aromatic nitrogens is 2. The lowest BCUT2D eigenvalue weighted by molar-refractivity contribution is 0.225. The van der Waals surface area contributed by atoms with Gasteiger partial charge in [0.15, 0.2) is 0 Å². The number of halogens is 1. The molecule has 1 unspecified atom stereocenters. The lowest BCUT2D eigenvalue weighted by Crippen LogP contribution is -2.32. The highest BCUT2D eigenvalue weighted by Gasteiger charge is 2.24. The zero-order chi connectivity index (χ0) is 15.9. The maximum atomic E-state index is 11.5. The van der Waals surface area contributed by atoms with Crippen molar-refractivity contribution in [1.82, 2.24) is 15.1 Å². The second-order valence-electron chi connectivity index (χ2n) is 5.72. The zero-order valence-electron chi connectivity index (χ0n) is 12.1. The molecule has 1 aromatic carbocycles.